The summed E-state index contributed by atoms with van der Waals surface area (Å²) in [5.41, 5.74) is -0.450. The van der Waals surface area contributed by atoms with Gasteiger partial charge in [0, 0.05) is 0 Å². The maximum Gasteiger partial charge on any atom is 0.256 e. The summed E-state index contributed by atoms with van der Waals surface area (Å²) < 4.78 is 5.36. The lowest BCUT2D eigenvalue weighted by Crippen LogP contribution is -2.42. The predicted octanol–water partition coefficient (Wildman–Crippen LogP) is 2.12. The molecule has 4 nitrogen and oxygen atoms in total. The number of hydrogen-bond donors (Lipinski definition) is 1. The summed E-state index contributed by atoms with van der Waals surface area (Å²) >= 11 is 0. The van der Waals surface area contributed by atoms with E-state index in [9.17, 15) is 4.79 Å². The second kappa shape index (κ2) is 5.35. The second-order valence-corrected chi connectivity index (χ2v) is 4.12. The molecule has 0 heterocycles. The fourth-order valence-corrected chi connectivity index (χ4v) is 1.31. The van der Waals surface area contributed by atoms with Crippen molar-refractivity contribution in [3.05, 3.63) is 29.8 Å². The van der Waals surface area contributed by atoms with Gasteiger partial charge in [-0.2, -0.15) is 5.26 Å². The van der Waals surface area contributed by atoms with Crippen molar-refractivity contribution in [2.75, 3.05) is 6.61 Å². The molecule has 90 valence electrons. The monoisotopic (exact) mass is 232 g/mol. The van der Waals surface area contributed by atoms with Crippen LogP contribution in [0.15, 0.2) is 24.3 Å². The first-order chi connectivity index (χ1) is 8.00. The minimum Gasteiger partial charge on any atom is -0.493 e. The molecule has 0 saturated carbocycles. The van der Waals surface area contributed by atoms with Gasteiger partial charge in [-0.3, -0.25) is 4.79 Å². The zero-order chi connectivity index (χ0) is 12.9. The van der Waals surface area contributed by atoms with E-state index in [2.05, 4.69) is 5.32 Å². The van der Waals surface area contributed by atoms with Crippen molar-refractivity contribution in [2.24, 2.45) is 0 Å². The standard InChI is InChI=1S/C13H16N2O2/c1-4-17-11-8-6-5-7-10(11)12(16)15-13(2,3)9-14/h5-8H,4H2,1-3H3,(H,15,16). The fourth-order valence-electron chi connectivity index (χ4n) is 1.31. The van der Waals surface area contributed by atoms with E-state index in [1.54, 1.807) is 38.1 Å². The van der Waals surface area contributed by atoms with Gasteiger partial charge in [0.25, 0.3) is 5.91 Å². The molecule has 0 atom stereocenters. The molecular formula is C13H16N2O2. The molecule has 0 aliphatic heterocycles. The Morgan fingerprint density at radius 2 is 2.12 bits per heavy atom. The van der Waals surface area contributed by atoms with Gasteiger partial charge in [-0.05, 0) is 32.9 Å². The zero-order valence-corrected chi connectivity index (χ0v) is 10.3. The topological polar surface area (TPSA) is 62.1 Å². The van der Waals surface area contributed by atoms with Crippen LogP contribution in [-0.2, 0) is 0 Å². The van der Waals surface area contributed by atoms with Gasteiger partial charge in [0.1, 0.15) is 11.3 Å². The van der Waals surface area contributed by atoms with Crippen molar-refractivity contribution in [2.45, 2.75) is 26.3 Å². The van der Waals surface area contributed by atoms with Crippen LogP contribution < -0.4 is 10.1 Å². The Labute approximate surface area is 101 Å². The van der Waals surface area contributed by atoms with Gasteiger partial charge in [-0.25, -0.2) is 0 Å². The molecule has 0 bridgehead atoms. The number of para-hydroxylation sites is 1. The number of amides is 1. The SMILES string of the molecule is CCOc1ccccc1C(=O)NC(C)(C)C#N. The Hall–Kier alpha value is -2.02. The summed E-state index contributed by atoms with van der Waals surface area (Å²) in [5, 5.41) is 11.5. The van der Waals surface area contributed by atoms with Gasteiger partial charge in [0.15, 0.2) is 0 Å². The molecule has 1 aromatic rings. The molecule has 0 aliphatic rings. The van der Waals surface area contributed by atoms with Gasteiger partial charge >= 0.3 is 0 Å². The summed E-state index contributed by atoms with van der Waals surface area (Å²) in [6.07, 6.45) is 0. The van der Waals surface area contributed by atoms with E-state index in [0.29, 0.717) is 17.9 Å². The Morgan fingerprint density at radius 1 is 1.47 bits per heavy atom. The molecule has 1 N–H and O–H groups in total. The number of ether oxygens (including phenoxy) is 1. The van der Waals surface area contributed by atoms with Crippen LogP contribution in [-0.4, -0.2) is 18.1 Å². The third-order valence-corrected chi connectivity index (χ3v) is 2.14. The van der Waals surface area contributed by atoms with Crippen molar-refractivity contribution in [1.29, 1.82) is 5.26 Å². The van der Waals surface area contributed by atoms with Gasteiger partial charge in [-0.1, -0.05) is 12.1 Å². The van der Waals surface area contributed by atoms with E-state index in [1.807, 2.05) is 13.0 Å². The molecule has 0 aliphatic carbocycles. The van der Waals surface area contributed by atoms with Crippen LogP contribution in [0.25, 0.3) is 0 Å². The van der Waals surface area contributed by atoms with Crippen molar-refractivity contribution in [3.8, 4) is 11.8 Å². The highest BCUT2D eigenvalue weighted by atomic mass is 16.5. The van der Waals surface area contributed by atoms with Crippen LogP contribution in [0.1, 0.15) is 31.1 Å². The first-order valence-electron chi connectivity index (χ1n) is 5.45. The van der Waals surface area contributed by atoms with Gasteiger partial charge < -0.3 is 10.1 Å². The average molecular weight is 232 g/mol. The highest BCUT2D eigenvalue weighted by Crippen LogP contribution is 2.18. The molecule has 1 amide bonds. The zero-order valence-electron chi connectivity index (χ0n) is 10.3. The predicted molar refractivity (Wildman–Crippen MR) is 64.8 cm³/mol. The van der Waals surface area contributed by atoms with Crippen LogP contribution in [0.4, 0.5) is 0 Å². The third kappa shape index (κ3) is 3.49. The quantitative estimate of drug-likeness (QED) is 0.864. The smallest absolute Gasteiger partial charge is 0.256 e. The van der Waals surface area contributed by atoms with E-state index in [0.717, 1.165) is 0 Å². The first kappa shape index (κ1) is 13.0. The van der Waals surface area contributed by atoms with Crippen molar-refractivity contribution in [1.82, 2.24) is 5.32 Å². The van der Waals surface area contributed by atoms with E-state index in [4.69, 9.17) is 10.00 Å². The number of nitrogens with one attached hydrogen (secondary N) is 1. The first-order valence-corrected chi connectivity index (χ1v) is 5.45. The van der Waals surface area contributed by atoms with E-state index in [-0.39, 0.29) is 5.91 Å². The molecule has 0 spiro atoms. The lowest BCUT2D eigenvalue weighted by molar-refractivity contribution is 0.0925. The summed E-state index contributed by atoms with van der Waals surface area (Å²) in [6, 6.07) is 8.99. The molecule has 1 rings (SSSR count). The maximum absolute atomic E-state index is 12.0. The molecule has 17 heavy (non-hydrogen) atoms. The normalized spacial score (nSPS) is 10.5. The summed E-state index contributed by atoms with van der Waals surface area (Å²) in [4.78, 5) is 12.0. The van der Waals surface area contributed by atoms with Crippen LogP contribution in [0.3, 0.4) is 0 Å². The second-order valence-electron chi connectivity index (χ2n) is 4.12. The van der Waals surface area contributed by atoms with E-state index < -0.39 is 5.54 Å². The van der Waals surface area contributed by atoms with Crippen LogP contribution in [0.2, 0.25) is 0 Å². The number of nitrogens with zero attached hydrogens (tertiary/aromatic N) is 1. The van der Waals surface area contributed by atoms with Crippen molar-refractivity contribution < 1.29 is 9.53 Å². The summed E-state index contributed by atoms with van der Waals surface area (Å²) in [7, 11) is 0. The Morgan fingerprint density at radius 3 is 2.71 bits per heavy atom. The lowest BCUT2D eigenvalue weighted by Gasteiger charge is -2.18. The van der Waals surface area contributed by atoms with E-state index >= 15 is 0 Å². The third-order valence-electron chi connectivity index (χ3n) is 2.14. The van der Waals surface area contributed by atoms with Gasteiger partial charge in [-0.15, -0.1) is 0 Å². The van der Waals surface area contributed by atoms with Crippen LogP contribution >= 0.6 is 0 Å². The van der Waals surface area contributed by atoms with Crippen molar-refractivity contribution >= 4 is 5.91 Å². The van der Waals surface area contributed by atoms with Crippen molar-refractivity contribution in [3.63, 3.8) is 0 Å². The minimum absolute atomic E-state index is 0.305. The van der Waals surface area contributed by atoms with Crippen LogP contribution in [0.5, 0.6) is 5.75 Å². The molecule has 0 saturated heterocycles. The Bertz CT molecular complexity index is 447. The number of carbonyl (C=O) groups excluding carboxylic acids is 1. The largest absolute Gasteiger partial charge is 0.493 e. The number of carbonyl (C=O) groups is 1. The highest BCUT2D eigenvalue weighted by molar-refractivity contribution is 5.97. The number of rotatable bonds is 4. The van der Waals surface area contributed by atoms with Gasteiger partial charge in [0.2, 0.25) is 0 Å². The molecule has 0 fully saturated rings. The Balaban J connectivity index is 2.93. The minimum atomic E-state index is -0.892. The number of benzene rings is 1. The average Bonchev–Trinajstić information content (AvgIpc) is 2.29. The lowest BCUT2D eigenvalue weighted by atomic mass is 10.1. The van der Waals surface area contributed by atoms with Crippen LogP contribution in [0, 0.1) is 11.3 Å². The Kier molecular flexibility index (Phi) is 4.11. The molecule has 4 heteroatoms. The number of hydrogen-bond acceptors (Lipinski definition) is 3. The fraction of sp³-hybridized carbons (Fsp3) is 0.385. The van der Waals surface area contributed by atoms with E-state index in [1.165, 1.54) is 0 Å². The summed E-state index contributed by atoms with van der Waals surface area (Å²) in [6.45, 7) is 5.64. The molecule has 1 aromatic carbocycles. The molecule has 0 aromatic heterocycles. The highest BCUT2D eigenvalue weighted by Gasteiger charge is 2.22. The summed E-state index contributed by atoms with van der Waals surface area (Å²) in [5.74, 6) is 0.224. The molecule has 0 unspecified atom stereocenters. The van der Waals surface area contributed by atoms with Gasteiger partial charge in [0.05, 0.1) is 18.2 Å². The number of nitriles is 1. The molecule has 0 radical (unpaired) electrons. The maximum atomic E-state index is 12.0. The molecular weight excluding hydrogens is 216 g/mol.